The lowest BCUT2D eigenvalue weighted by Crippen LogP contribution is -2.06. The SMILES string of the molecule is CCCCCCC(=O)COP(=O)(O)O. The predicted octanol–water partition coefficient (Wildman–Crippen LogP) is 1.64. The lowest BCUT2D eigenvalue weighted by atomic mass is 10.1. The van der Waals surface area contributed by atoms with E-state index in [0.29, 0.717) is 6.42 Å². The highest BCUT2D eigenvalue weighted by atomic mass is 31.2. The third-order valence-corrected chi connectivity index (χ3v) is 2.17. The molecule has 0 fully saturated rings. The standard InChI is InChI=1S/C8H17O5P/c1-2-3-4-5-6-8(9)7-13-14(10,11)12/h2-7H2,1H3,(H2,10,11,12). The lowest BCUT2D eigenvalue weighted by Gasteiger charge is -2.03. The van der Waals surface area contributed by atoms with E-state index < -0.39 is 14.4 Å². The van der Waals surface area contributed by atoms with Crippen LogP contribution < -0.4 is 0 Å². The first kappa shape index (κ1) is 13.8. The first-order valence-electron chi connectivity index (χ1n) is 4.67. The van der Waals surface area contributed by atoms with E-state index in [0.717, 1.165) is 25.7 Å². The Labute approximate surface area is 83.7 Å². The molecule has 6 heteroatoms. The highest BCUT2D eigenvalue weighted by Crippen LogP contribution is 2.35. The van der Waals surface area contributed by atoms with Gasteiger partial charge in [-0.05, 0) is 6.42 Å². The van der Waals surface area contributed by atoms with Gasteiger partial charge in [0, 0.05) is 6.42 Å². The number of ketones is 1. The topological polar surface area (TPSA) is 83.8 Å². The molecular formula is C8H17O5P. The van der Waals surface area contributed by atoms with Crippen molar-refractivity contribution in [2.45, 2.75) is 39.0 Å². The summed E-state index contributed by atoms with van der Waals surface area (Å²) >= 11 is 0. The van der Waals surface area contributed by atoms with E-state index in [1.165, 1.54) is 0 Å². The highest BCUT2D eigenvalue weighted by Gasteiger charge is 2.15. The summed E-state index contributed by atoms with van der Waals surface area (Å²) in [7, 11) is -4.49. The van der Waals surface area contributed by atoms with Crippen LogP contribution in [-0.4, -0.2) is 22.2 Å². The first-order valence-corrected chi connectivity index (χ1v) is 6.20. The number of phosphoric acid groups is 1. The van der Waals surface area contributed by atoms with Crippen LogP contribution in [0.1, 0.15) is 39.0 Å². The Hall–Kier alpha value is -0.220. The Balaban J connectivity index is 3.42. The van der Waals surface area contributed by atoms with Crippen molar-refractivity contribution in [1.82, 2.24) is 0 Å². The van der Waals surface area contributed by atoms with Gasteiger partial charge in [0.2, 0.25) is 0 Å². The smallest absolute Gasteiger partial charge is 0.303 e. The monoisotopic (exact) mass is 224 g/mol. The molecule has 0 saturated heterocycles. The normalized spacial score (nSPS) is 11.6. The fourth-order valence-corrected chi connectivity index (χ4v) is 1.29. The van der Waals surface area contributed by atoms with Crippen molar-refractivity contribution >= 4 is 13.6 Å². The van der Waals surface area contributed by atoms with Gasteiger partial charge in [-0.2, -0.15) is 0 Å². The lowest BCUT2D eigenvalue weighted by molar-refractivity contribution is -0.121. The summed E-state index contributed by atoms with van der Waals surface area (Å²) in [6, 6.07) is 0. The van der Waals surface area contributed by atoms with Gasteiger partial charge in [-0.15, -0.1) is 0 Å². The second-order valence-electron chi connectivity index (χ2n) is 3.11. The summed E-state index contributed by atoms with van der Waals surface area (Å²) in [6.07, 6.45) is 4.23. The summed E-state index contributed by atoms with van der Waals surface area (Å²) in [4.78, 5) is 27.6. The third kappa shape index (κ3) is 9.86. The van der Waals surface area contributed by atoms with E-state index in [1.54, 1.807) is 0 Å². The molecule has 0 spiro atoms. The van der Waals surface area contributed by atoms with E-state index in [2.05, 4.69) is 11.4 Å². The van der Waals surface area contributed by atoms with Gasteiger partial charge >= 0.3 is 7.82 Å². The zero-order valence-corrected chi connectivity index (χ0v) is 9.20. The zero-order valence-electron chi connectivity index (χ0n) is 8.31. The molecule has 2 N–H and O–H groups in total. The number of carbonyl (C=O) groups excluding carboxylic acids is 1. The van der Waals surface area contributed by atoms with Gasteiger partial charge in [0.05, 0.1) is 0 Å². The molecule has 0 aromatic carbocycles. The summed E-state index contributed by atoms with van der Waals surface area (Å²) in [6.45, 7) is 1.58. The summed E-state index contributed by atoms with van der Waals surface area (Å²) in [5.41, 5.74) is 0. The molecule has 84 valence electrons. The molecule has 0 bridgehead atoms. The minimum Gasteiger partial charge on any atom is -0.303 e. The number of hydrogen-bond acceptors (Lipinski definition) is 3. The Morgan fingerprint density at radius 1 is 1.29 bits per heavy atom. The van der Waals surface area contributed by atoms with Crippen molar-refractivity contribution in [2.24, 2.45) is 0 Å². The molecule has 0 aliphatic rings. The van der Waals surface area contributed by atoms with Crippen molar-refractivity contribution in [3.8, 4) is 0 Å². The summed E-state index contributed by atoms with van der Waals surface area (Å²) < 4.78 is 14.3. The second-order valence-corrected chi connectivity index (χ2v) is 4.35. The summed E-state index contributed by atoms with van der Waals surface area (Å²) in [5.74, 6) is -0.260. The van der Waals surface area contributed by atoms with Crippen molar-refractivity contribution in [1.29, 1.82) is 0 Å². The van der Waals surface area contributed by atoms with Crippen molar-refractivity contribution in [3.05, 3.63) is 0 Å². The molecule has 0 saturated carbocycles. The largest absolute Gasteiger partial charge is 0.470 e. The maximum absolute atomic E-state index is 11.0. The van der Waals surface area contributed by atoms with E-state index in [9.17, 15) is 9.36 Å². The molecule has 0 heterocycles. The maximum Gasteiger partial charge on any atom is 0.470 e. The fourth-order valence-electron chi connectivity index (χ4n) is 0.977. The molecule has 0 aliphatic carbocycles. The van der Waals surface area contributed by atoms with Crippen LogP contribution in [-0.2, 0) is 13.9 Å². The molecule has 0 aromatic heterocycles. The van der Waals surface area contributed by atoms with E-state index in [-0.39, 0.29) is 5.78 Å². The van der Waals surface area contributed by atoms with Crippen LogP contribution >= 0.6 is 7.82 Å². The predicted molar refractivity (Wildman–Crippen MR) is 51.8 cm³/mol. The zero-order chi connectivity index (χ0) is 11.0. The summed E-state index contributed by atoms with van der Waals surface area (Å²) in [5, 5.41) is 0. The molecule has 0 amide bonds. The van der Waals surface area contributed by atoms with Gasteiger partial charge in [0.1, 0.15) is 6.61 Å². The number of unbranched alkanes of at least 4 members (excludes halogenated alkanes) is 3. The van der Waals surface area contributed by atoms with Crippen LogP contribution in [0, 0.1) is 0 Å². The third-order valence-electron chi connectivity index (χ3n) is 1.70. The quantitative estimate of drug-likeness (QED) is 0.483. The maximum atomic E-state index is 11.0. The number of hydrogen-bond donors (Lipinski definition) is 2. The van der Waals surface area contributed by atoms with Crippen molar-refractivity contribution < 1.29 is 23.7 Å². The Morgan fingerprint density at radius 2 is 1.93 bits per heavy atom. The van der Waals surface area contributed by atoms with Gasteiger partial charge in [-0.25, -0.2) is 4.57 Å². The van der Waals surface area contributed by atoms with Crippen LogP contribution in [0.15, 0.2) is 0 Å². The van der Waals surface area contributed by atoms with E-state index in [1.807, 2.05) is 0 Å². The average molecular weight is 224 g/mol. The van der Waals surface area contributed by atoms with Gasteiger partial charge in [-0.3, -0.25) is 9.32 Å². The number of Topliss-reactive ketones (excluding diaryl/α,β-unsaturated/α-hetero) is 1. The fraction of sp³-hybridized carbons (Fsp3) is 0.875. The molecule has 0 aliphatic heterocycles. The van der Waals surface area contributed by atoms with Gasteiger partial charge < -0.3 is 9.79 Å². The van der Waals surface area contributed by atoms with Crippen LogP contribution in [0.2, 0.25) is 0 Å². The van der Waals surface area contributed by atoms with Crippen molar-refractivity contribution in [3.63, 3.8) is 0 Å². The Morgan fingerprint density at radius 3 is 2.43 bits per heavy atom. The second kappa shape index (κ2) is 7.12. The van der Waals surface area contributed by atoms with E-state index in [4.69, 9.17) is 9.79 Å². The van der Waals surface area contributed by atoms with Gasteiger partial charge in [-0.1, -0.05) is 26.2 Å². The first-order chi connectivity index (χ1) is 6.45. The molecule has 0 atom stereocenters. The minimum absolute atomic E-state index is 0.260. The molecule has 5 nitrogen and oxygen atoms in total. The van der Waals surface area contributed by atoms with Crippen LogP contribution in [0.4, 0.5) is 0 Å². The number of rotatable bonds is 8. The molecule has 0 rings (SSSR count). The van der Waals surface area contributed by atoms with Crippen LogP contribution in [0.5, 0.6) is 0 Å². The van der Waals surface area contributed by atoms with Gasteiger partial charge in [0.15, 0.2) is 5.78 Å². The molecule has 0 radical (unpaired) electrons. The van der Waals surface area contributed by atoms with Crippen molar-refractivity contribution in [2.75, 3.05) is 6.61 Å². The highest BCUT2D eigenvalue weighted by molar-refractivity contribution is 7.46. The van der Waals surface area contributed by atoms with E-state index >= 15 is 0 Å². The molecule has 0 aromatic rings. The number of phosphoric ester groups is 1. The Bertz CT molecular complexity index is 210. The van der Waals surface area contributed by atoms with Crippen LogP contribution in [0.3, 0.4) is 0 Å². The average Bonchev–Trinajstić information content (AvgIpc) is 2.08. The molecule has 14 heavy (non-hydrogen) atoms. The van der Waals surface area contributed by atoms with Crippen LogP contribution in [0.25, 0.3) is 0 Å². The Kier molecular flexibility index (Phi) is 7.01. The molecular weight excluding hydrogens is 207 g/mol. The molecule has 0 unspecified atom stereocenters. The number of carbonyl (C=O) groups is 1. The minimum atomic E-state index is -4.49. The van der Waals surface area contributed by atoms with Gasteiger partial charge in [0.25, 0.3) is 0 Å².